The molecule has 3 heteroatoms. The normalized spacial score (nSPS) is 30.0. The Bertz CT molecular complexity index is 458. The summed E-state index contributed by atoms with van der Waals surface area (Å²) in [6.07, 6.45) is 6.53. The van der Waals surface area contributed by atoms with Crippen molar-refractivity contribution in [1.82, 2.24) is 5.32 Å². The van der Waals surface area contributed by atoms with Crippen molar-refractivity contribution in [2.75, 3.05) is 0 Å². The average molecular weight is 259 g/mol. The van der Waals surface area contributed by atoms with Crippen molar-refractivity contribution < 1.29 is 9.90 Å². The van der Waals surface area contributed by atoms with E-state index in [4.69, 9.17) is 0 Å². The van der Waals surface area contributed by atoms with Gasteiger partial charge in [0.1, 0.15) is 5.75 Å². The highest BCUT2D eigenvalue weighted by Crippen LogP contribution is 2.33. The van der Waals surface area contributed by atoms with E-state index in [1.54, 1.807) is 18.2 Å². The topological polar surface area (TPSA) is 49.3 Å². The van der Waals surface area contributed by atoms with E-state index < -0.39 is 0 Å². The Morgan fingerprint density at radius 3 is 2.95 bits per heavy atom. The van der Waals surface area contributed by atoms with E-state index in [0.717, 1.165) is 12.0 Å². The van der Waals surface area contributed by atoms with Gasteiger partial charge in [0.25, 0.3) is 0 Å². The largest absolute Gasteiger partial charge is 0.508 e. The number of nitrogens with one attached hydrogen (secondary N) is 1. The standard InChI is InChI=1S/C16H21NO2/c18-13-6-3-4-11(8-13)9-16(19)15-10-12-5-1-2-7-14(12)17-15/h3-4,6,8,12,14-15,17-18H,1-2,5,7,9-10H2. The molecule has 1 heterocycles. The molecule has 1 saturated carbocycles. The summed E-state index contributed by atoms with van der Waals surface area (Å²) in [5.74, 6) is 1.20. The summed E-state index contributed by atoms with van der Waals surface area (Å²) in [6.45, 7) is 0. The lowest BCUT2D eigenvalue weighted by Gasteiger charge is -2.24. The van der Waals surface area contributed by atoms with Crippen LogP contribution in [0.4, 0.5) is 0 Å². The van der Waals surface area contributed by atoms with Gasteiger partial charge in [-0.05, 0) is 42.9 Å². The van der Waals surface area contributed by atoms with Crippen LogP contribution < -0.4 is 5.32 Å². The van der Waals surface area contributed by atoms with Crippen LogP contribution in [0.15, 0.2) is 24.3 Å². The first-order chi connectivity index (χ1) is 9.22. The lowest BCUT2D eigenvalue weighted by Crippen LogP contribution is -2.37. The summed E-state index contributed by atoms with van der Waals surface area (Å²) in [5.41, 5.74) is 0.904. The number of phenolic OH excluding ortho intramolecular Hbond substituents is 1. The second-order valence-corrected chi connectivity index (χ2v) is 5.92. The molecule has 3 nitrogen and oxygen atoms in total. The van der Waals surface area contributed by atoms with Gasteiger partial charge in [-0.1, -0.05) is 25.0 Å². The zero-order valence-electron chi connectivity index (χ0n) is 11.1. The first kappa shape index (κ1) is 12.7. The highest BCUT2D eigenvalue weighted by Gasteiger charge is 2.37. The Kier molecular flexibility index (Phi) is 3.56. The maximum Gasteiger partial charge on any atom is 0.154 e. The van der Waals surface area contributed by atoms with E-state index in [0.29, 0.717) is 18.4 Å². The third kappa shape index (κ3) is 2.81. The van der Waals surface area contributed by atoms with Crippen LogP contribution in [-0.2, 0) is 11.2 Å². The van der Waals surface area contributed by atoms with Crippen LogP contribution in [0, 0.1) is 5.92 Å². The Morgan fingerprint density at radius 2 is 2.16 bits per heavy atom. The Morgan fingerprint density at radius 1 is 1.32 bits per heavy atom. The first-order valence-corrected chi connectivity index (χ1v) is 7.29. The molecule has 0 aromatic heterocycles. The maximum absolute atomic E-state index is 12.3. The van der Waals surface area contributed by atoms with Gasteiger partial charge >= 0.3 is 0 Å². The number of carbonyl (C=O) groups excluding carboxylic acids is 1. The van der Waals surface area contributed by atoms with Gasteiger partial charge in [-0.25, -0.2) is 0 Å². The molecule has 0 spiro atoms. The molecular weight excluding hydrogens is 238 g/mol. The summed E-state index contributed by atoms with van der Waals surface area (Å²) in [6, 6.07) is 7.60. The zero-order chi connectivity index (χ0) is 13.2. The van der Waals surface area contributed by atoms with Crippen molar-refractivity contribution in [3.05, 3.63) is 29.8 Å². The molecule has 1 aromatic carbocycles. The van der Waals surface area contributed by atoms with Crippen LogP contribution in [0.25, 0.3) is 0 Å². The number of phenols is 1. The number of hydrogen-bond donors (Lipinski definition) is 2. The predicted molar refractivity (Wildman–Crippen MR) is 74.1 cm³/mol. The second-order valence-electron chi connectivity index (χ2n) is 5.92. The average Bonchev–Trinajstić information content (AvgIpc) is 2.82. The Labute approximate surface area is 114 Å². The maximum atomic E-state index is 12.3. The van der Waals surface area contributed by atoms with E-state index in [9.17, 15) is 9.90 Å². The lowest BCUT2D eigenvalue weighted by atomic mass is 9.84. The summed E-state index contributed by atoms with van der Waals surface area (Å²) in [4.78, 5) is 12.3. The molecule has 2 N–H and O–H groups in total. The number of rotatable bonds is 3. The Balaban J connectivity index is 1.62. The smallest absolute Gasteiger partial charge is 0.154 e. The molecule has 3 rings (SSSR count). The van der Waals surface area contributed by atoms with Crippen molar-refractivity contribution in [2.45, 2.75) is 50.6 Å². The molecule has 0 bridgehead atoms. The minimum Gasteiger partial charge on any atom is -0.508 e. The fourth-order valence-electron chi connectivity index (χ4n) is 3.55. The third-order valence-corrected chi connectivity index (χ3v) is 4.54. The van der Waals surface area contributed by atoms with Crippen LogP contribution in [0.2, 0.25) is 0 Å². The molecule has 0 radical (unpaired) electrons. The third-order valence-electron chi connectivity index (χ3n) is 4.54. The highest BCUT2D eigenvalue weighted by molar-refractivity contribution is 5.86. The molecule has 3 unspecified atom stereocenters. The van der Waals surface area contributed by atoms with Gasteiger partial charge < -0.3 is 10.4 Å². The van der Waals surface area contributed by atoms with E-state index in [1.807, 2.05) is 6.07 Å². The van der Waals surface area contributed by atoms with Crippen LogP contribution >= 0.6 is 0 Å². The zero-order valence-corrected chi connectivity index (χ0v) is 11.1. The number of carbonyl (C=O) groups is 1. The molecule has 2 fully saturated rings. The fraction of sp³-hybridized carbons (Fsp3) is 0.562. The van der Waals surface area contributed by atoms with E-state index in [-0.39, 0.29) is 17.6 Å². The molecular formula is C16H21NO2. The number of ketones is 1. The molecule has 1 saturated heterocycles. The van der Waals surface area contributed by atoms with E-state index >= 15 is 0 Å². The minimum atomic E-state index is 0.0236. The number of benzene rings is 1. The molecule has 102 valence electrons. The van der Waals surface area contributed by atoms with Gasteiger partial charge in [-0.2, -0.15) is 0 Å². The summed E-state index contributed by atoms with van der Waals surface area (Å²) >= 11 is 0. The van der Waals surface area contributed by atoms with Gasteiger partial charge in [-0.15, -0.1) is 0 Å². The Hall–Kier alpha value is -1.35. The van der Waals surface area contributed by atoms with E-state index in [2.05, 4.69) is 5.32 Å². The molecule has 1 aromatic rings. The van der Waals surface area contributed by atoms with Gasteiger partial charge in [0.2, 0.25) is 0 Å². The van der Waals surface area contributed by atoms with Crippen molar-refractivity contribution in [3.63, 3.8) is 0 Å². The van der Waals surface area contributed by atoms with Crippen LogP contribution in [0.5, 0.6) is 5.75 Å². The summed E-state index contributed by atoms with van der Waals surface area (Å²) in [7, 11) is 0. The van der Waals surface area contributed by atoms with Gasteiger partial charge in [0.15, 0.2) is 5.78 Å². The number of hydrogen-bond acceptors (Lipinski definition) is 3. The number of aromatic hydroxyl groups is 1. The predicted octanol–water partition coefficient (Wildman–Crippen LogP) is 2.42. The van der Waals surface area contributed by atoms with Crippen molar-refractivity contribution in [1.29, 1.82) is 0 Å². The highest BCUT2D eigenvalue weighted by atomic mass is 16.3. The number of fused-ring (bicyclic) bond motifs is 1. The van der Waals surface area contributed by atoms with Gasteiger partial charge in [0, 0.05) is 12.5 Å². The fourth-order valence-corrected chi connectivity index (χ4v) is 3.55. The van der Waals surface area contributed by atoms with Crippen molar-refractivity contribution in [2.24, 2.45) is 5.92 Å². The molecule has 1 aliphatic heterocycles. The number of Topliss-reactive ketones (excluding diaryl/α,β-unsaturated/α-hetero) is 1. The van der Waals surface area contributed by atoms with Crippen molar-refractivity contribution >= 4 is 5.78 Å². The van der Waals surface area contributed by atoms with Gasteiger partial charge in [-0.3, -0.25) is 4.79 Å². The lowest BCUT2D eigenvalue weighted by molar-refractivity contribution is -0.120. The van der Waals surface area contributed by atoms with Crippen LogP contribution in [0.3, 0.4) is 0 Å². The SMILES string of the molecule is O=C(Cc1cccc(O)c1)C1CC2CCCCC2N1. The van der Waals surface area contributed by atoms with Gasteiger partial charge in [0.05, 0.1) is 6.04 Å². The molecule has 19 heavy (non-hydrogen) atoms. The molecule has 3 atom stereocenters. The summed E-state index contributed by atoms with van der Waals surface area (Å²) in [5, 5.41) is 12.9. The summed E-state index contributed by atoms with van der Waals surface area (Å²) < 4.78 is 0. The first-order valence-electron chi connectivity index (χ1n) is 7.29. The van der Waals surface area contributed by atoms with E-state index in [1.165, 1.54) is 25.7 Å². The van der Waals surface area contributed by atoms with Crippen LogP contribution in [0.1, 0.15) is 37.7 Å². The molecule has 0 amide bonds. The minimum absolute atomic E-state index is 0.0236. The molecule has 2 aliphatic rings. The monoisotopic (exact) mass is 259 g/mol. The van der Waals surface area contributed by atoms with Crippen molar-refractivity contribution in [3.8, 4) is 5.75 Å². The quantitative estimate of drug-likeness (QED) is 0.876. The molecule has 1 aliphatic carbocycles. The second kappa shape index (κ2) is 5.33. The van der Waals surface area contributed by atoms with Crippen LogP contribution in [-0.4, -0.2) is 23.0 Å².